The Morgan fingerprint density at radius 2 is 2.06 bits per heavy atom. The van der Waals surface area contributed by atoms with Crippen molar-refractivity contribution in [3.63, 3.8) is 0 Å². The molecule has 2 aliphatic rings. The number of rotatable bonds is 2. The Morgan fingerprint density at radius 3 is 2.81 bits per heavy atom. The van der Waals surface area contributed by atoms with Crippen molar-refractivity contribution in [1.82, 2.24) is 4.90 Å². The van der Waals surface area contributed by atoms with Crippen molar-refractivity contribution >= 4 is 34.2 Å². The molecule has 0 spiro atoms. The minimum Gasteiger partial charge on any atom is -0.316 e. The summed E-state index contributed by atoms with van der Waals surface area (Å²) in [6, 6.07) is 0. The highest BCUT2D eigenvalue weighted by atomic mass is 127. The first-order valence-electron chi connectivity index (χ1n) is 6.43. The van der Waals surface area contributed by atoms with Crippen LogP contribution in [0.15, 0.2) is 0 Å². The number of likely N-dealkylation sites (tertiary alicyclic amines) is 1. The second-order valence-corrected chi connectivity index (χ2v) is 7.70. The maximum atomic E-state index is 6.24. The number of piperidine rings is 1. The normalized spacial score (nSPS) is 42.2. The largest absolute Gasteiger partial charge is 0.316 e. The van der Waals surface area contributed by atoms with E-state index in [1.54, 1.807) is 0 Å². The molecule has 2 rings (SSSR count). The molecule has 1 heterocycles. The average Bonchev–Trinajstić information content (AvgIpc) is 2.24. The summed E-state index contributed by atoms with van der Waals surface area (Å²) in [5.74, 6) is 0.781. The molecule has 16 heavy (non-hydrogen) atoms. The van der Waals surface area contributed by atoms with Gasteiger partial charge in [0.2, 0.25) is 0 Å². The first-order valence-corrected chi connectivity index (χ1v) is 8.11. The minimum absolute atomic E-state index is 0.293. The van der Waals surface area contributed by atoms with E-state index in [9.17, 15) is 0 Å². The van der Waals surface area contributed by atoms with Crippen LogP contribution in [0.4, 0.5) is 0 Å². The maximum absolute atomic E-state index is 6.24. The molecule has 2 N–H and O–H groups in total. The summed E-state index contributed by atoms with van der Waals surface area (Å²) in [5, 5.41) is 0.412. The molecule has 0 amide bonds. The molecule has 94 valence electrons. The molecule has 0 bridgehead atoms. The zero-order valence-electron chi connectivity index (χ0n) is 9.75. The number of halogens is 2. The standard InChI is InChI=1S/C12H22ClIN2/c13-10-3-1-2-9(6-10)7-16-8-11(14)4-5-12(16)15/h9-12H,1-8,15H2. The predicted octanol–water partition coefficient (Wildman–Crippen LogP) is 2.97. The first-order chi connectivity index (χ1) is 7.65. The minimum atomic E-state index is 0.293. The van der Waals surface area contributed by atoms with Gasteiger partial charge in [-0.05, 0) is 38.0 Å². The van der Waals surface area contributed by atoms with Crippen molar-refractivity contribution in [2.24, 2.45) is 11.7 Å². The van der Waals surface area contributed by atoms with Gasteiger partial charge in [-0.15, -0.1) is 11.6 Å². The van der Waals surface area contributed by atoms with Crippen LogP contribution >= 0.6 is 34.2 Å². The van der Waals surface area contributed by atoms with E-state index in [0.29, 0.717) is 11.5 Å². The third kappa shape index (κ3) is 3.72. The zero-order chi connectivity index (χ0) is 11.5. The van der Waals surface area contributed by atoms with Crippen LogP contribution in [0.3, 0.4) is 0 Å². The van der Waals surface area contributed by atoms with Crippen LogP contribution in [0, 0.1) is 5.92 Å². The molecule has 1 saturated heterocycles. The summed E-state index contributed by atoms with van der Waals surface area (Å²) >= 11 is 8.80. The molecular weight excluding hydrogens is 335 g/mol. The third-order valence-corrected chi connectivity index (χ3v) is 5.30. The number of nitrogens with two attached hydrogens (primary N) is 1. The zero-order valence-corrected chi connectivity index (χ0v) is 12.7. The Kier molecular flexibility index (Phi) is 5.19. The molecule has 0 aromatic rings. The lowest BCUT2D eigenvalue weighted by atomic mass is 9.88. The third-order valence-electron chi connectivity index (χ3n) is 3.89. The second-order valence-electron chi connectivity index (χ2n) is 5.33. The van der Waals surface area contributed by atoms with E-state index in [0.717, 1.165) is 16.3 Å². The van der Waals surface area contributed by atoms with Crippen molar-refractivity contribution in [3.05, 3.63) is 0 Å². The van der Waals surface area contributed by atoms with Crippen LogP contribution in [-0.2, 0) is 0 Å². The van der Waals surface area contributed by atoms with E-state index in [-0.39, 0.29) is 0 Å². The van der Waals surface area contributed by atoms with Gasteiger partial charge in [0, 0.05) is 22.4 Å². The lowest BCUT2D eigenvalue weighted by molar-refractivity contribution is 0.123. The Balaban J connectivity index is 1.82. The molecule has 1 saturated carbocycles. The predicted molar refractivity (Wildman–Crippen MR) is 78.2 cm³/mol. The number of hydrogen-bond donors (Lipinski definition) is 1. The molecule has 0 aromatic heterocycles. The van der Waals surface area contributed by atoms with E-state index in [1.807, 2.05) is 0 Å². The van der Waals surface area contributed by atoms with Crippen LogP contribution < -0.4 is 5.73 Å². The van der Waals surface area contributed by atoms with E-state index in [2.05, 4.69) is 27.5 Å². The Hall–Kier alpha value is 0.940. The average molecular weight is 357 g/mol. The van der Waals surface area contributed by atoms with Crippen molar-refractivity contribution in [1.29, 1.82) is 0 Å². The Morgan fingerprint density at radius 1 is 1.25 bits per heavy atom. The Bertz CT molecular complexity index is 227. The Labute approximate surface area is 117 Å². The molecule has 4 heteroatoms. The van der Waals surface area contributed by atoms with Gasteiger partial charge in [-0.3, -0.25) is 4.90 Å². The highest BCUT2D eigenvalue weighted by Crippen LogP contribution is 2.30. The van der Waals surface area contributed by atoms with Crippen LogP contribution in [0.25, 0.3) is 0 Å². The summed E-state index contributed by atoms with van der Waals surface area (Å²) in [6.45, 7) is 2.34. The molecule has 0 radical (unpaired) electrons. The van der Waals surface area contributed by atoms with Gasteiger partial charge in [0.05, 0.1) is 6.17 Å². The molecule has 4 unspecified atom stereocenters. The van der Waals surface area contributed by atoms with Gasteiger partial charge in [-0.1, -0.05) is 29.0 Å². The van der Waals surface area contributed by atoms with Gasteiger partial charge in [-0.25, -0.2) is 0 Å². The van der Waals surface area contributed by atoms with Crippen LogP contribution in [0.1, 0.15) is 38.5 Å². The summed E-state index contributed by atoms with van der Waals surface area (Å²) in [7, 11) is 0. The van der Waals surface area contributed by atoms with Gasteiger partial charge < -0.3 is 5.73 Å². The second kappa shape index (κ2) is 6.21. The number of hydrogen-bond acceptors (Lipinski definition) is 2. The lowest BCUT2D eigenvalue weighted by Gasteiger charge is -2.39. The highest BCUT2D eigenvalue weighted by molar-refractivity contribution is 14.1. The molecule has 1 aliphatic carbocycles. The SMILES string of the molecule is NC1CCC(I)CN1CC1CCCC(Cl)C1. The summed E-state index contributed by atoms with van der Waals surface area (Å²) in [5.41, 5.74) is 6.18. The van der Waals surface area contributed by atoms with Crippen LogP contribution in [0.2, 0.25) is 0 Å². The summed E-state index contributed by atoms with van der Waals surface area (Å²) in [4.78, 5) is 2.49. The van der Waals surface area contributed by atoms with Gasteiger partial charge in [0.1, 0.15) is 0 Å². The van der Waals surface area contributed by atoms with Crippen molar-refractivity contribution < 1.29 is 0 Å². The fourth-order valence-corrected chi connectivity index (χ4v) is 4.22. The fourth-order valence-electron chi connectivity index (χ4n) is 2.95. The smallest absolute Gasteiger partial charge is 0.0572 e. The van der Waals surface area contributed by atoms with Crippen molar-refractivity contribution in [2.75, 3.05) is 13.1 Å². The molecule has 1 aliphatic heterocycles. The summed E-state index contributed by atoms with van der Waals surface area (Å²) < 4.78 is 0.785. The van der Waals surface area contributed by atoms with Gasteiger partial charge in [-0.2, -0.15) is 0 Å². The molecule has 4 atom stereocenters. The van der Waals surface area contributed by atoms with Crippen LogP contribution in [-0.4, -0.2) is 33.5 Å². The van der Waals surface area contributed by atoms with E-state index in [4.69, 9.17) is 17.3 Å². The quantitative estimate of drug-likeness (QED) is 0.609. The van der Waals surface area contributed by atoms with E-state index in [1.165, 1.54) is 45.2 Å². The van der Waals surface area contributed by atoms with Crippen LogP contribution in [0.5, 0.6) is 0 Å². The lowest BCUT2D eigenvalue weighted by Crippen LogP contribution is -2.50. The van der Waals surface area contributed by atoms with Crippen molar-refractivity contribution in [3.8, 4) is 0 Å². The van der Waals surface area contributed by atoms with Gasteiger partial charge >= 0.3 is 0 Å². The summed E-state index contributed by atoms with van der Waals surface area (Å²) in [6.07, 6.45) is 7.77. The molecular formula is C12H22ClIN2. The van der Waals surface area contributed by atoms with Gasteiger partial charge in [0.25, 0.3) is 0 Å². The molecule has 0 aromatic carbocycles. The first kappa shape index (κ1) is 13.4. The van der Waals surface area contributed by atoms with E-state index < -0.39 is 0 Å². The van der Waals surface area contributed by atoms with Gasteiger partial charge in [0.15, 0.2) is 0 Å². The number of nitrogens with zero attached hydrogens (tertiary/aromatic N) is 1. The maximum Gasteiger partial charge on any atom is 0.0572 e. The number of alkyl halides is 2. The fraction of sp³-hybridized carbons (Fsp3) is 1.00. The topological polar surface area (TPSA) is 29.3 Å². The molecule has 2 nitrogen and oxygen atoms in total. The molecule has 2 fully saturated rings. The van der Waals surface area contributed by atoms with Crippen molar-refractivity contribution in [2.45, 2.75) is 54.0 Å². The highest BCUT2D eigenvalue weighted by Gasteiger charge is 2.28. The monoisotopic (exact) mass is 356 g/mol. The van der Waals surface area contributed by atoms with E-state index >= 15 is 0 Å².